The topological polar surface area (TPSA) is 29.1 Å². The van der Waals surface area contributed by atoms with Crippen molar-refractivity contribution >= 4 is 35.0 Å². The van der Waals surface area contributed by atoms with Crippen molar-refractivity contribution in [1.29, 1.82) is 0 Å². The SMILES string of the molecule is C[C@H](SCc1ccc(F)cc1Cl)C(=O)Nc1cc(F)ccc1F. The molecule has 0 fully saturated rings. The first-order chi connectivity index (χ1) is 10.9. The Morgan fingerprint density at radius 2 is 1.83 bits per heavy atom. The van der Waals surface area contributed by atoms with E-state index in [-0.39, 0.29) is 10.7 Å². The highest BCUT2D eigenvalue weighted by molar-refractivity contribution is 7.99. The first-order valence-electron chi connectivity index (χ1n) is 6.68. The maximum atomic E-state index is 13.5. The zero-order valence-electron chi connectivity index (χ0n) is 12.1. The molecule has 0 heterocycles. The number of anilines is 1. The number of thioether (sulfide) groups is 1. The smallest absolute Gasteiger partial charge is 0.237 e. The van der Waals surface area contributed by atoms with Gasteiger partial charge in [-0.1, -0.05) is 17.7 Å². The molecular weight excluding hydrogens is 347 g/mol. The summed E-state index contributed by atoms with van der Waals surface area (Å²) in [4.78, 5) is 12.0. The molecule has 0 aliphatic heterocycles. The Bertz CT molecular complexity index is 726. The Kier molecular flexibility index (Phi) is 5.96. The first-order valence-corrected chi connectivity index (χ1v) is 8.11. The normalized spacial score (nSPS) is 12.0. The van der Waals surface area contributed by atoms with Gasteiger partial charge in [0.2, 0.25) is 5.91 Å². The number of rotatable bonds is 5. The van der Waals surface area contributed by atoms with Gasteiger partial charge in [-0.05, 0) is 36.8 Å². The lowest BCUT2D eigenvalue weighted by atomic mass is 10.2. The monoisotopic (exact) mass is 359 g/mol. The minimum Gasteiger partial charge on any atom is -0.323 e. The van der Waals surface area contributed by atoms with Crippen molar-refractivity contribution < 1.29 is 18.0 Å². The van der Waals surface area contributed by atoms with Gasteiger partial charge in [0.05, 0.1) is 10.9 Å². The summed E-state index contributed by atoms with van der Waals surface area (Å²) in [6, 6.07) is 6.86. The summed E-state index contributed by atoms with van der Waals surface area (Å²) < 4.78 is 39.5. The number of benzene rings is 2. The zero-order chi connectivity index (χ0) is 17.0. The third kappa shape index (κ3) is 4.91. The number of nitrogens with one attached hydrogen (secondary N) is 1. The summed E-state index contributed by atoms with van der Waals surface area (Å²) in [6.07, 6.45) is 0. The van der Waals surface area contributed by atoms with Gasteiger partial charge in [-0.3, -0.25) is 4.79 Å². The molecule has 7 heteroatoms. The molecule has 2 aromatic rings. The summed E-state index contributed by atoms with van der Waals surface area (Å²) in [7, 11) is 0. The van der Waals surface area contributed by atoms with E-state index < -0.39 is 28.6 Å². The Morgan fingerprint density at radius 1 is 1.17 bits per heavy atom. The Morgan fingerprint density at radius 3 is 2.52 bits per heavy atom. The number of amides is 1. The van der Waals surface area contributed by atoms with Crippen LogP contribution in [0.4, 0.5) is 18.9 Å². The molecule has 0 spiro atoms. The van der Waals surface area contributed by atoms with Crippen LogP contribution in [0.25, 0.3) is 0 Å². The summed E-state index contributed by atoms with van der Waals surface area (Å²) in [5.41, 5.74) is 0.483. The van der Waals surface area contributed by atoms with E-state index in [1.165, 1.54) is 23.9 Å². The van der Waals surface area contributed by atoms with Crippen molar-refractivity contribution in [2.75, 3.05) is 5.32 Å². The summed E-state index contributed by atoms with van der Waals surface area (Å²) in [5, 5.41) is 2.09. The van der Waals surface area contributed by atoms with Gasteiger partial charge in [0.25, 0.3) is 0 Å². The number of halogens is 4. The highest BCUT2D eigenvalue weighted by Crippen LogP contribution is 2.25. The van der Waals surface area contributed by atoms with E-state index in [1.807, 2.05) is 0 Å². The second kappa shape index (κ2) is 7.75. The third-order valence-corrected chi connectivity index (χ3v) is 4.60. The summed E-state index contributed by atoms with van der Waals surface area (Å²) in [5.74, 6) is -1.85. The molecule has 0 saturated carbocycles. The van der Waals surface area contributed by atoms with Gasteiger partial charge in [0.15, 0.2) is 0 Å². The summed E-state index contributed by atoms with van der Waals surface area (Å²) in [6.45, 7) is 1.63. The Balaban J connectivity index is 1.96. The number of carbonyl (C=O) groups excluding carboxylic acids is 1. The standard InChI is InChI=1S/C16H13ClF3NOS/c1-9(23-8-10-2-3-11(18)6-13(10)17)16(22)21-15-7-12(19)4-5-14(15)20/h2-7,9H,8H2,1H3,(H,21,22)/t9-/m0/s1. The van der Waals surface area contributed by atoms with Crippen LogP contribution in [-0.2, 0) is 10.5 Å². The molecule has 0 unspecified atom stereocenters. The Hall–Kier alpha value is -1.66. The highest BCUT2D eigenvalue weighted by atomic mass is 35.5. The number of carbonyl (C=O) groups is 1. The molecule has 0 bridgehead atoms. The fourth-order valence-corrected chi connectivity index (χ4v) is 2.96. The highest BCUT2D eigenvalue weighted by Gasteiger charge is 2.16. The van der Waals surface area contributed by atoms with E-state index in [9.17, 15) is 18.0 Å². The quantitative estimate of drug-likeness (QED) is 0.812. The molecule has 23 heavy (non-hydrogen) atoms. The second-order valence-electron chi connectivity index (χ2n) is 4.80. The number of hydrogen-bond acceptors (Lipinski definition) is 2. The van der Waals surface area contributed by atoms with Crippen molar-refractivity contribution in [1.82, 2.24) is 0 Å². The molecule has 2 rings (SSSR count). The van der Waals surface area contributed by atoms with Crippen LogP contribution in [0.3, 0.4) is 0 Å². The van der Waals surface area contributed by atoms with Crippen LogP contribution in [0.1, 0.15) is 12.5 Å². The van der Waals surface area contributed by atoms with Crippen molar-refractivity contribution in [2.45, 2.75) is 17.9 Å². The molecule has 1 amide bonds. The predicted octanol–water partition coefficient (Wildman–Crippen LogP) is 5.02. The van der Waals surface area contributed by atoms with Gasteiger partial charge < -0.3 is 5.32 Å². The molecule has 1 atom stereocenters. The maximum absolute atomic E-state index is 13.5. The van der Waals surface area contributed by atoms with E-state index in [2.05, 4.69) is 5.32 Å². The van der Waals surface area contributed by atoms with Crippen molar-refractivity contribution in [3.63, 3.8) is 0 Å². The van der Waals surface area contributed by atoms with E-state index in [0.29, 0.717) is 11.3 Å². The second-order valence-corrected chi connectivity index (χ2v) is 6.54. The van der Waals surface area contributed by atoms with Crippen molar-refractivity contribution in [3.8, 4) is 0 Å². The average Bonchev–Trinajstić information content (AvgIpc) is 2.49. The Labute approximate surface area is 141 Å². The molecule has 0 radical (unpaired) electrons. The molecule has 0 saturated heterocycles. The molecule has 0 aliphatic rings. The van der Waals surface area contributed by atoms with Gasteiger partial charge in [0.1, 0.15) is 17.5 Å². The third-order valence-electron chi connectivity index (χ3n) is 3.06. The average molecular weight is 360 g/mol. The molecule has 0 aliphatic carbocycles. The minimum atomic E-state index is -0.710. The van der Waals surface area contributed by atoms with Crippen molar-refractivity contribution in [3.05, 3.63) is 64.4 Å². The predicted molar refractivity (Wildman–Crippen MR) is 87.2 cm³/mol. The van der Waals surface area contributed by atoms with Crippen LogP contribution in [0.5, 0.6) is 0 Å². The van der Waals surface area contributed by atoms with Gasteiger partial charge in [-0.25, -0.2) is 13.2 Å². The lowest BCUT2D eigenvalue weighted by Gasteiger charge is -2.13. The van der Waals surface area contributed by atoms with Crippen LogP contribution in [0.2, 0.25) is 5.02 Å². The molecular formula is C16H13ClF3NOS. The van der Waals surface area contributed by atoms with E-state index in [0.717, 1.165) is 18.2 Å². The largest absolute Gasteiger partial charge is 0.323 e. The van der Waals surface area contributed by atoms with Crippen LogP contribution >= 0.6 is 23.4 Å². The van der Waals surface area contributed by atoms with E-state index in [4.69, 9.17) is 11.6 Å². The van der Waals surface area contributed by atoms with Gasteiger partial charge in [-0.15, -0.1) is 11.8 Å². The van der Waals surface area contributed by atoms with Crippen LogP contribution < -0.4 is 5.32 Å². The van der Waals surface area contributed by atoms with Crippen LogP contribution in [0, 0.1) is 17.5 Å². The lowest BCUT2D eigenvalue weighted by molar-refractivity contribution is -0.115. The molecule has 2 aromatic carbocycles. The van der Waals surface area contributed by atoms with Gasteiger partial charge in [-0.2, -0.15) is 0 Å². The molecule has 1 N–H and O–H groups in total. The van der Waals surface area contributed by atoms with Crippen LogP contribution in [-0.4, -0.2) is 11.2 Å². The summed E-state index contributed by atoms with van der Waals surface area (Å²) >= 11 is 7.17. The van der Waals surface area contributed by atoms with Crippen molar-refractivity contribution in [2.24, 2.45) is 0 Å². The minimum absolute atomic E-state index is 0.206. The maximum Gasteiger partial charge on any atom is 0.237 e. The van der Waals surface area contributed by atoms with Gasteiger partial charge >= 0.3 is 0 Å². The lowest BCUT2D eigenvalue weighted by Crippen LogP contribution is -2.23. The molecule has 2 nitrogen and oxygen atoms in total. The van der Waals surface area contributed by atoms with Crippen LogP contribution in [0.15, 0.2) is 36.4 Å². The molecule has 122 valence electrons. The fraction of sp³-hybridized carbons (Fsp3) is 0.188. The van der Waals surface area contributed by atoms with E-state index >= 15 is 0 Å². The molecule has 0 aromatic heterocycles. The fourth-order valence-electron chi connectivity index (χ4n) is 1.76. The zero-order valence-corrected chi connectivity index (χ0v) is 13.6. The van der Waals surface area contributed by atoms with Gasteiger partial charge in [0, 0.05) is 16.8 Å². The van der Waals surface area contributed by atoms with E-state index in [1.54, 1.807) is 13.0 Å². The first kappa shape index (κ1) is 17.7. The number of hydrogen-bond donors (Lipinski definition) is 1.